The van der Waals surface area contributed by atoms with Gasteiger partial charge < -0.3 is 9.09 Å². The van der Waals surface area contributed by atoms with Crippen LogP contribution in [0.4, 0.5) is 5.69 Å². The van der Waals surface area contributed by atoms with Gasteiger partial charge in [-0.3, -0.25) is 10.1 Å². The number of nitro groups is 1. The van der Waals surface area contributed by atoms with E-state index in [-0.39, 0.29) is 10.6 Å². The van der Waals surface area contributed by atoms with E-state index in [1.54, 1.807) is 18.3 Å². The van der Waals surface area contributed by atoms with Crippen molar-refractivity contribution in [3.05, 3.63) is 52.3 Å². The van der Waals surface area contributed by atoms with Gasteiger partial charge in [0.05, 0.1) is 22.4 Å². The SMILES string of the molecule is CCCc1nc(Cn2ccc3c([N+](=O)[O-])cccc32)no1. The van der Waals surface area contributed by atoms with E-state index in [0.717, 1.165) is 18.4 Å². The number of benzene rings is 1. The first-order chi connectivity index (χ1) is 10.2. The summed E-state index contributed by atoms with van der Waals surface area (Å²) in [4.78, 5) is 14.9. The quantitative estimate of drug-likeness (QED) is 0.531. The third-order valence-corrected chi connectivity index (χ3v) is 3.27. The molecule has 2 heterocycles. The van der Waals surface area contributed by atoms with Gasteiger partial charge in [-0.2, -0.15) is 4.98 Å². The smallest absolute Gasteiger partial charge is 0.278 e. The zero-order valence-corrected chi connectivity index (χ0v) is 11.5. The summed E-state index contributed by atoms with van der Waals surface area (Å²) in [6, 6.07) is 6.76. The van der Waals surface area contributed by atoms with Crippen LogP contribution in [0.1, 0.15) is 25.1 Å². The van der Waals surface area contributed by atoms with Gasteiger partial charge in [0.25, 0.3) is 5.69 Å². The zero-order valence-electron chi connectivity index (χ0n) is 11.5. The standard InChI is InChI=1S/C14H14N4O3/c1-2-4-14-15-13(16-21-14)9-17-8-7-10-11(17)5-3-6-12(10)18(19)20/h3,5-8H,2,4,9H2,1H3. The molecule has 0 saturated carbocycles. The molecule has 0 N–H and O–H groups in total. The lowest BCUT2D eigenvalue weighted by atomic mass is 10.2. The lowest BCUT2D eigenvalue weighted by Gasteiger charge is -2.01. The van der Waals surface area contributed by atoms with Gasteiger partial charge in [0.15, 0.2) is 5.82 Å². The van der Waals surface area contributed by atoms with Gasteiger partial charge in [0.1, 0.15) is 0 Å². The molecule has 0 bridgehead atoms. The van der Waals surface area contributed by atoms with Crippen molar-refractivity contribution < 1.29 is 9.45 Å². The first-order valence-corrected chi connectivity index (χ1v) is 6.72. The van der Waals surface area contributed by atoms with Crippen LogP contribution < -0.4 is 0 Å². The number of non-ortho nitro benzene ring substituents is 1. The molecule has 0 atom stereocenters. The Kier molecular flexibility index (Phi) is 3.39. The molecule has 0 aliphatic carbocycles. The van der Waals surface area contributed by atoms with Crippen LogP contribution in [0.5, 0.6) is 0 Å². The number of nitro benzene ring substituents is 1. The Bertz CT molecular complexity index is 790. The molecule has 3 rings (SSSR count). The monoisotopic (exact) mass is 286 g/mol. The molecule has 1 aromatic carbocycles. The number of hydrogen-bond donors (Lipinski definition) is 0. The molecule has 0 fully saturated rings. The van der Waals surface area contributed by atoms with Crippen LogP contribution in [-0.4, -0.2) is 19.6 Å². The van der Waals surface area contributed by atoms with E-state index in [4.69, 9.17) is 4.52 Å². The minimum absolute atomic E-state index is 0.103. The molecule has 7 heteroatoms. The molecule has 2 aromatic heterocycles. The van der Waals surface area contributed by atoms with Crippen LogP contribution in [0, 0.1) is 10.1 Å². The molecule has 0 unspecified atom stereocenters. The van der Waals surface area contributed by atoms with Crippen LogP contribution in [-0.2, 0) is 13.0 Å². The zero-order chi connectivity index (χ0) is 14.8. The van der Waals surface area contributed by atoms with E-state index < -0.39 is 0 Å². The number of hydrogen-bond acceptors (Lipinski definition) is 5. The van der Waals surface area contributed by atoms with Crippen molar-refractivity contribution in [2.45, 2.75) is 26.3 Å². The van der Waals surface area contributed by atoms with Crippen LogP contribution in [0.15, 0.2) is 35.0 Å². The van der Waals surface area contributed by atoms with Gasteiger partial charge in [-0.25, -0.2) is 0 Å². The van der Waals surface area contributed by atoms with Gasteiger partial charge in [-0.05, 0) is 18.6 Å². The average Bonchev–Trinajstić information content (AvgIpc) is 3.07. The lowest BCUT2D eigenvalue weighted by molar-refractivity contribution is -0.383. The van der Waals surface area contributed by atoms with E-state index in [9.17, 15) is 10.1 Å². The lowest BCUT2D eigenvalue weighted by Crippen LogP contribution is -2.00. The summed E-state index contributed by atoms with van der Waals surface area (Å²) < 4.78 is 7.02. The molecule has 0 aliphatic rings. The Morgan fingerprint density at radius 1 is 1.38 bits per heavy atom. The highest BCUT2D eigenvalue weighted by Gasteiger charge is 2.15. The highest BCUT2D eigenvalue weighted by Crippen LogP contribution is 2.26. The van der Waals surface area contributed by atoms with E-state index in [1.165, 1.54) is 6.07 Å². The molecule has 0 amide bonds. The Balaban J connectivity index is 1.93. The predicted molar refractivity (Wildman–Crippen MR) is 76.0 cm³/mol. The van der Waals surface area contributed by atoms with E-state index in [2.05, 4.69) is 10.1 Å². The molecule has 3 aromatic rings. The van der Waals surface area contributed by atoms with Crippen LogP contribution in [0.2, 0.25) is 0 Å². The highest BCUT2D eigenvalue weighted by molar-refractivity contribution is 5.89. The predicted octanol–water partition coefficient (Wildman–Crippen LogP) is 2.93. The van der Waals surface area contributed by atoms with Gasteiger partial charge >= 0.3 is 0 Å². The molecule has 0 spiro atoms. The Morgan fingerprint density at radius 2 is 2.24 bits per heavy atom. The van der Waals surface area contributed by atoms with E-state index >= 15 is 0 Å². The number of aryl methyl sites for hydroxylation is 1. The maximum atomic E-state index is 11.0. The van der Waals surface area contributed by atoms with E-state index in [0.29, 0.717) is 23.6 Å². The maximum absolute atomic E-state index is 11.0. The maximum Gasteiger partial charge on any atom is 0.278 e. The fraction of sp³-hybridized carbons (Fsp3) is 0.286. The third-order valence-electron chi connectivity index (χ3n) is 3.27. The summed E-state index contributed by atoms with van der Waals surface area (Å²) in [6.07, 6.45) is 3.50. The summed E-state index contributed by atoms with van der Waals surface area (Å²) in [6.45, 7) is 2.47. The first kappa shape index (κ1) is 13.3. The second-order valence-electron chi connectivity index (χ2n) is 4.77. The van der Waals surface area contributed by atoms with Gasteiger partial charge in [0.2, 0.25) is 5.89 Å². The van der Waals surface area contributed by atoms with Crippen molar-refractivity contribution >= 4 is 16.6 Å². The summed E-state index contributed by atoms with van der Waals surface area (Å²) >= 11 is 0. The summed E-state index contributed by atoms with van der Waals surface area (Å²) in [5.74, 6) is 1.19. The van der Waals surface area contributed by atoms with E-state index in [1.807, 2.05) is 17.6 Å². The second kappa shape index (κ2) is 5.35. The number of fused-ring (bicyclic) bond motifs is 1. The molecule has 7 nitrogen and oxygen atoms in total. The third kappa shape index (κ3) is 2.49. The Morgan fingerprint density at radius 3 is 3.00 bits per heavy atom. The van der Waals surface area contributed by atoms with Gasteiger partial charge in [-0.1, -0.05) is 18.1 Å². The molecular formula is C14H14N4O3. The van der Waals surface area contributed by atoms with Gasteiger partial charge in [0, 0.05) is 18.7 Å². The van der Waals surface area contributed by atoms with Crippen molar-refractivity contribution in [2.75, 3.05) is 0 Å². The molecule has 0 saturated heterocycles. The summed E-state index contributed by atoms with van der Waals surface area (Å²) in [5.41, 5.74) is 0.886. The second-order valence-corrected chi connectivity index (χ2v) is 4.77. The van der Waals surface area contributed by atoms with Crippen molar-refractivity contribution in [1.82, 2.24) is 14.7 Å². The molecule has 0 radical (unpaired) electrons. The molecule has 108 valence electrons. The van der Waals surface area contributed by atoms with Crippen LogP contribution >= 0.6 is 0 Å². The van der Waals surface area contributed by atoms with Crippen molar-refractivity contribution in [3.8, 4) is 0 Å². The van der Waals surface area contributed by atoms with Crippen molar-refractivity contribution in [2.24, 2.45) is 0 Å². The Hall–Kier alpha value is -2.70. The highest BCUT2D eigenvalue weighted by atomic mass is 16.6. The fourth-order valence-electron chi connectivity index (χ4n) is 2.33. The average molecular weight is 286 g/mol. The van der Waals surface area contributed by atoms with Crippen molar-refractivity contribution in [1.29, 1.82) is 0 Å². The van der Waals surface area contributed by atoms with Crippen molar-refractivity contribution in [3.63, 3.8) is 0 Å². The molecule has 21 heavy (non-hydrogen) atoms. The molecular weight excluding hydrogens is 272 g/mol. The number of nitrogens with zero attached hydrogens (tertiary/aromatic N) is 4. The van der Waals surface area contributed by atoms with Crippen LogP contribution in [0.3, 0.4) is 0 Å². The fourth-order valence-corrected chi connectivity index (χ4v) is 2.33. The largest absolute Gasteiger partial charge is 0.339 e. The minimum Gasteiger partial charge on any atom is -0.339 e. The number of rotatable bonds is 5. The van der Waals surface area contributed by atoms with Crippen LogP contribution in [0.25, 0.3) is 10.9 Å². The minimum atomic E-state index is -0.375. The topological polar surface area (TPSA) is 87.0 Å². The summed E-state index contributed by atoms with van der Waals surface area (Å²) in [5, 5.41) is 15.6. The normalized spacial score (nSPS) is 11.1. The summed E-state index contributed by atoms with van der Waals surface area (Å²) in [7, 11) is 0. The first-order valence-electron chi connectivity index (χ1n) is 6.72. The Labute approximate surface area is 120 Å². The van der Waals surface area contributed by atoms with Gasteiger partial charge in [-0.15, -0.1) is 0 Å². The number of aromatic nitrogens is 3. The molecule has 0 aliphatic heterocycles.